The smallest absolute Gasteiger partial charge is 0.321 e. The van der Waals surface area contributed by atoms with Crippen LogP contribution in [0.2, 0.25) is 5.02 Å². The molecule has 2 amide bonds. The zero-order valence-electron chi connectivity index (χ0n) is 13.5. The standard InChI is InChI=1S/C19H21ClN2O2/c20-17-8-4-5-9-18(17)21-19(23)22-12-10-16(11-13-22)24-14-15-6-2-1-3-7-15/h1-9,16H,10-14H2,(H,21,23). The number of para-hydroxylation sites is 1. The minimum Gasteiger partial charge on any atom is -0.373 e. The maximum absolute atomic E-state index is 12.3. The molecule has 2 aromatic rings. The van der Waals surface area contributed by atoms with Crippen molar-refractivity contribution < 1.29 is 9.53 Å². The number of rotatable bonds is 4. The molecule has 0 unspecified atom stereocenters. The summed E-state index contributed by atoms with van der Waals surface area (Å²) in [6.45, 7) is 2.00. The van der Waals surface area contributed by atoms with Gasteiger partial charge in [-0.25, -0.2) is 4.79 Å². The van der Waals surface area contributed by atoms with E-state index in [0.717, 1.165) is 12.8 Å². The first-order chi connectivity index (χ1) is 11.7. The third-order valence-corrected chi connectivity index (χ3v) is 4.50. The first kappa shape index (κ1) is 16.8. The van der Waals surface area contributed by atoms with Crippen molar-refractivity contribution in [3.63, 3.8) is 0 Å². The molecule has 0 spiro atoms. The van der Waals surface area contributed by atoms with Gasteiger partial charge in [-0.15, -0.1) is 0 Å². The summed E-state index contributed by atoms with van der Waals surface area (Å²) >= 11 is 6.08. The number of ether oxygens (including phenoxy) is 1. The molecule has 0 atom stereocenters. The lowest BCUT2D eigenvalue weighted by Crippen LogP contribution is -2.43. The number of halogens is 1. The Morgan fingerprint density at radius 1 is 1.08 bits per heavy atom. The summed E-state index contributed by atoms with van der Waals surface area (Å²) < 4.78 is 5.95. The fourth-order valence-corrected chi connectivity index (χ4v) is 2.95. The summed E-state index contributed by atoms with van der Waals surface area (Å²) in [5, 5.41) is 3.41. The largest absolute Gasteiger partial charge is 0.373 e. The van der Waals surface area contributed by atoms with E-state index < -0.39 is 0 Å². The Morgan fingerprint density at radius 3 is 2.46 bits per heavy atom. The molecule has 126 valence electrons. The molecule has 0 radical (unpaired) electrons. The number of likely N-dealkylation sites (tertiary alicyclic amines) is 1. The van der Waals surface area contributed by atoms with Crippen molar-refractivity contribution >= 4 is 23.3 Å². The van der Waals surface area contributed by atoms with Crippen LogP contribution in [0.4, 0.5) is 10.5 Å². The van der Waals surface area contributed by atoms with Crippen LogP contribution in [0.3, 0.4) is 0 Å². The maximum Gasteiger partial charge on any atom is 0.321 e. The molecule has 1 heterocycles. The van der Waals surface area contributed by atoms with Crippen molar-refractivity contribution in [3.05, 3.63) is 65.2 Å². The summed E-state index contributed by atoms with van der Waals surface area (Å²) in [5.41, 5.74) is 1.82. The van der Waals surface area contributed by atoms with E-state index in [2.05, 4.69) is 17.4 Å². The van der Waals surface area contributed by atoms with Gasteiger partial charge in [0.1, 0.15) is 0 Å². The monoisotopic (exact) mass is 344 g/mol. The summed E-state index contributed by atoms with van der Waals surface area (Å²) in [4.78, 5) is 14.1. The fourth-order valence-electron chi connectivity index (χ4n) is 2.77. The van der Waals surface area contributed by atoms with Gasteiger partial charge in [0.05, 0.1) is 23.4 Å². The average Bonchev–Trinajstić information content (AvgIpc) is 2.63. The van der Waals surface area contributed by atoms with Crippen molar-refractivity contribution in [1.82, 2.24) is 4.90 Å². The minimum atomic E-state index is -0.107. The van der Waals surface area contributed by atoms with E-state index in [1.807, 2.05) is 35.2 Å². The number of hydrogen-bond acceptors (Lipinski definition) is 2. The van der Waals surface area contributed by atoms with Crippen molar-refractivity contribution in [1.29, 1.82) is 0 Å². The highest BCUT2D eigenvalue weighted by molar-refractivity contribution is 6.33. The van der Waals surface area contributed by atoms with Crippen molar-refractivity contribution in [2.24, 2.45) is 0 Å². The number of hydrogen-bond donors (Lipinski definition) is 1. The van der Waals surface area contributed by atoms with E-state index in [4.69, 9.17) is 16.3 Å². The maximum atomic E-state index is 12.3. The minimum absolute atomic E-state index is 0.107. The van der Waals surface area contributed by atoms with Crippen LogP contribution in [-0.4, -0.2) is 30.1 Å². The molecule has 0 aromatic heterocycles. The molecule has 2 aromatic carbocycles. The summed E-state index contributed by atoms with van der Waals surface area (Å²) in [7, 11) is 0. The zero-order valence-corrected chi connectivity index (χ0v) is 14.2. The molecule has 24 heavy (non-hydrogen) atoms. The third kappa shape index (κ3) is 4.49. The number of amides is 2. The summed E-state index contributed by atoms with van der Waals surface area (Å²) in [6, 6.07) is 17.3. The van der Waals surface area contributed by atoms with E-state index in [9.17, 15) is 4.79 Å². The average molecular weight is 345 g/mol. The Balaban J connectivity index is 1.44. The van der Waals surface area contributed by atoms with Crippen LogP contribution in [-0.2, 0) is 11.3 Å². The molecule has 5 heteroatoms. The number of nitrogens with zero attached hydrogens (tertiary/aromatic N) is 1. The molecule has 0 saturated carbocycles. The molecular formula is C19H21ClN2O2. The molecule has 4 nitrogen and oxygen atoms in total. The normalized spacial score (nSPS) is 15.3. The second kappa shape index (κ2) is 8.18. The van der Waals surface area contributed by atoms with Gasteiger partial charge in [-0.3, -0.25) is 0 Å². The highest BCUT2D eigenvalue weighted by Crippen LogP contribution is 2.22. The van der Waals surface area contributed by atoms with Crippen LogP contribution in [0.15, 0.2) is 54.6 Å². The quantitative estimate of drug-likeness (QED) is 0.883. The van der Waals surface area contributed by atoms with Gasteiger partial charge in [-0.1, -0.05) is 54.1 Å². The van der Waals surface area contributed by atoms with Crippen LogP contribution >= 0.6 is 11.6 Å². The topological polar surface area (TPSA) is 41.6 Å². The molecule has 0 bridgehead atoms. The Morgan fingerprint density at radius 2 is 1.75 bits per heavy atom. The number of anilines is 1. The number of urea groups is 1. The number of piperidine rings is 1. The second-order valence-corrected chi connectivity index (χ2v) is 6.30. The van der Waals surface area contributed by atoms with Gasteiger partial charge in [0.15, 0.2) is 0 Å². The number of benzene rings is 2. The molecular weight excluding hydrogens is 324 g/mol. The predicted octanol–water partition coefficient (Wildman–Crippen LogP) is 4.55. The van der Waals surface area contributed by atoms with Gasteiger partial charge < -0.3 is 15.0 Å². The molecule has 3 rings (SSSR count). The Labute approximate surface area is 147 Å². The van der Waals surface area contributed by atoms with Gasteiger partial charge in [0, 0.05) is 13.1 Å². The summed E-state index contributed by atoms with van der Waals surface area (Å²) in [6.07, 6.45) is 1.90. The van der Waals surface area contributed by atoms with E-state index in [-0.39, 0.29) is 12.1 Å². The first-order valence-electron chi connectivity index (χ1n) is 8.18. The molecule has 1 aliphatic rings. The van der Waals surface area contributed by atoms with Crippen LogP contribution in [0.25, 0.3) is 0 Å². The highest BCUT2D eigenvalue weighted by Gasteiger charge is 2.23. The van der Waals surface area contributed by atoms with Crippen LogP contribution in [0.5, 0.6) is 0 Å². The van der Waals surface area contributed by atoms with E-state index in [1.54, 1.807) is 12.1 Å². The van der Waals surface area contributed by atoms with Crippen molar-refractivity contribution in [2.45, 2.75) is 25.6 Å². The van der Waals surface area contributed by atoms with E-state index in [0.29, 0.717) is 30.4 Å². The van der Waals surface area contributed by atoms with E-state index >= 15 is 0 Å². The van der Waals surface area contributed by atoms with Crippen molar-refractivity contribution in [3.8, 4) is 0 Å². The Hall–Kier alpha value is -2.04. The lowest BCUT2D eigenvalue weighted by Gasteiger charge is -2.32. The molecule has 1 N–H and O–H groups in total. The predicted molar refractivity (Wildman–Crippen MR) is 96.3 cm³/mol. The fraction of sp³-hybridized carbons (Fsp3) is 0.316. The second-order valence-electron chi connectivity index (χ2n) is 5.89. The lowest BCUT2D eigenvalue weighted by molar-refractivity contribution is 0.00540. The van der Waals surface area contributed by atoms with E-state index in [1.165, 1.54) is 5.56 Å². The Bertz CT molecular complexity index is 670. The summed E-state index contributed by atoms with van der Waals surface area (Å²) in [5.74, 6) is 0. The van der Waals surface area contributed by atoms with Crippen molar-refractivity contribution in [2.75, 3.05) is 18.4 Å². The molecule has 1 fully saturated rings. The Kier molecular flexibility index (Phi) is 5.72. The van der Waals surface area contributed by atoms with Gasteiger partial charge in [-0.05, 0) is 30.5 Å². The molecule has 1 aliphatic heterocycles. The lowest BCUT2D eigenvalue weighted by atomic mass is 10.1. The van der Waals surface area contributed by atoms with Gasteiger partial charge in [0.2, 0.25) is 0 Å². The van der Waals surface area contributed by atoms with Crippen LogP contribution in [0.1, 0.15) is 18.4 Å². The third-order valence-electron chi connectivity index (χ3n) is 4.17. The van der Waals surface area contributed by atoms with Gasteiger partial charge in [-0.2, -0.15) is 0 Å². The SMILES string of the molecule is O=C(Nc1ccccc1Cl)N1CCC(OCc2ccccc2)CC1. The van der Waals surface area contributed by atoms with Gasteiger partial charge >= 0.3 is 6.03 Å². The number of carbonyl (C=O) groups excluding carboxylic acids is 1. The highest BCUT2D eigenvalue weighted by atomic mass is 35.5. The zero-order chi connectivity index (χ0) is 16.8. The molecule has 1 saturated heterocycles. The van der Waals surface area contributed by atoms with Crippen LogP contribution in [0, 0.1) is 0 Å². The number of carbonyl (C=O) groups is 1. The first-order valence-corrected chi connectivity index (χ1v) is 8.56. The van der Waals surface area contributed by atoms with Crippen LogP contribution < -0.4 is 5.32 Å². The molecule has 0 aliphatic carbocycles. The number of nitrogens with one attached hydrogen (secondary N) is 1. The van der Waals surface area contributed by atoms with Gasteiger partial charge in [0.25, 0.3) is 0 Å².